The van der Waals surface area contributed by atoms with Gasteiger partial charge in [0.15, 0.2) is 5.11 Å². The summed E-state index contributed by atoms with van der Waals surface area (Å²) in [5, 5.41) is 11.6. The molecular formula is C16H20N4S. The third-order valence-electron chi connectivity index (χ3n) is 3.77. The fraction of sp³-hybridized carbons (Fsp3) is 0.375. The number of rotatable bonds is 4. The molecule has 2 aromatic rings. The van der Waals surface area contributed by atoms with Crippen molar-refractivity contribution in [1.29, 1.82) is 0 Å². The molecule has 0 radical (unpaired) electrons. The van der Waals surface area contributed by atoms with E-state index in [4.69, 9.17) is 12.2 Å². The van der Waals surface area contributed by atoms with Crippen LogP contribution in [0, 0.1) is 0 Å². The normalized spacial score (nSPS) is 15.0. The van der Waals surface area contributed by atoms with E-state index in [0.29, 0.717) is 11.2 Å². The average molecular weight is 300 g/mol. The summed E-state index contributed by atoms with van der Waals surface area (Å²) in [6.45, 7) is 0.769. The van der Waals surface area contributed by atoms with Gasteiger partial charge in [-0.25, -0.2) is 0 Å². The third-order valence-corrected chi connectivity index (χ3v) is 3.99. The highest BCUT2D eigenvalue weighted by molar-refractivity contribution is 7.80. The van der Waals surface area contributed by atoms with Crippen LogP contribution in [0.5, 0.6) is 0 Å². The van der Waals surface area contributed by atoms with E-state index in [2.05, 4.69) is 27.9 Å². The van der Waals surface area contributed by atoms with Gasteiger partial charge in [-0.1, -0.05) is 43.2 Å². The molecule has 0 spiro atoms. The number of thiocarbonyl (C=S) groups is 1. The van der Waals surface area contributed by atoms with Gasteiger partial charge in [0.05, 0.1) is 18.4 Å². The maximum absolute atomic E-state index is 5.35. The Morgan fingerprint density at radius 3 is 2.76 bits per heavy atom. The number of benzene rings is 1. The van der Waals surface area contributed by atoms with Crippen LogP contribution in [0.2, 0.25) is 0 Å². The predicted molar refractivity (Wildman–Crippen MR) is 89.4 cm³/mol. The molecule has 0 atom stereocenters. The van der Waals surface area contributed by atoms with Gasteiger partial charge in [-0.2, -0.15) is 5.10 Å². The molecule has 0 saturated heterocycles. The first-order valence-electron chi connectivity index (χ1n) is 7.43. The lowest BCUT2D eigenvalue weighted by Gasteiger charge is -2.14. The van der Waals surface area contributed by atoms with Gasteiger partial charge in [0.2, 0.25) is 0 Å². The van der Waals surface area contributed by atoms with E-state index in [-0.39, 0.29) is 0 Å². The summed E-state index contributed by atoms with van der Waals surface area (Å²) in [4.78, 5) is 0. The number of nitrogens with zero attached hydrogens (tertiary/aromatic N) is 2. The van der Waals surface area contributed by atoms with Gasteiger partial charge < -0.3 is 10.6 Å². The van der Waals surface area contributed by atoms with Crippen LogP contribution in [0.3, 0.4) is 0 Å². The smallest absolute Gasteiger partial charge is 0.171 e. The summed E-state index contributed by atoms with van der Waals surface area (Å²) in [6, 6.07) is 10.8. The minimum atomic E-state index is 0.532. The van der Waals surface area contributed by atoms with Crippen molar-refractivity contribution >= 4 is 23.0 Å². The molecule has 4 nitrogen and oxygen atoms in total. The number of aromatic nitrogens is 2. The predicted octanol–water partition coefficient (Wildman–Crippen LogP) is 3.16. The van der Waals surface area contributed by atoms with Crippen molar-refractivity contribution < 1.29 is 0 Å². The van der Waals surface area contributed by atoms with Crippen molar-refractivity contribution in [2.24, 2.45) is 0 Å². The monoisotopic (exact) mass is 300 g/mol. The highest BCUT2D eigenvalue weighted by Gasteiger charge is 2.15. The van der Waals surface area contributed by atoms with Crippen LogP contribution >= 0.6 is 12.2 Å². The van der Waals surface area contributed by atoms with Crippen molar-refractivity contribution in [3.63, 3.8) is 0 Å². The molecule has 1 aliphatic carbocycles. The zero-order valence-corrected chi connectivity index (χ0v) is 12.8. The Balaban J connectivity index is 1.53. The average Bonchev–Trinajstić information content (AvgIpc) is 3.12. The first kappa shape index (κ1) is 14.1. The summed E-state index contributed by atoms with van der Waals surface area (Å²) in [5.41, 5.74) is 2.17. The molecule has 0 bridgehead atoms. The maximum Gasteiger partial charge on any atom is 0.171 e. The van der Waals surface area contributed by atoms with Crippen molar-refractivity contribution in [3.05, 3.63) is 48.3 Å². The van der Waals surface area contributed by atoms with Gasteiger partial charge in [0.1, 0.15) is 0 Å². The van der Waals surface area contributed by atoms with E-state index in [1.807, 2.05) is 35.3 Å². The minimum Gasteiger partial charge on any atom is -0.360 e. The zero-order chi connectivity index (χ0) is 14.5. The van der Waals surface area contributed by atoms with Gasteiger partial charge in [-0.15, -0.1) is 0 Å². The first-order valence-corrected chi connectivity index (χ1v) is 7.84. The van der Waals surface area contributed by atoms with Crippen LogP contribution in [0.25, 0.3) is 0 Å². The Morgan fingerprint density at radius 1 is 1.24 bits per heavy atom. The van der Waals surface area contributed by atoms with Gasteiger partial charge in [0.25, 0.3) is 0 Å². The van der Waals surface area contributed by atoms with Crippen LogP contribution in [0.1, 0.15) is 31.2 Å². The molecule has 110 valence electrons. The van der Waals surface area contributed by atoms with E-state index in [1.165, 1.54) is 31.2 Å². The number of hydrogen-bond acceptors (Lipinski definition) is 2. The van der Waals surface area contributed by atoms with Crippen molar-refractivity contribution in [3.8, 4) is 0 Å². The number of anilines is 1. The van der Waals surface area contributed by atoms with Crippen LogP contribution in [0.15, 0.2) is 42.7 Å². The van der Waals surface area contributed by atoms with Crippen molar-refractivity contribution in [2.75, 3.05) is 5.32 Å². The summed E-state index contributed by atoms with van der Waals surface area (Å²) >= 11 is 5.35. The molecule has 1 aliphatic rings. The molecule has 1 aromatic carbocycles. The van der Waals surface area contributed by atoms with Crippen molar-refractivity contribution in [2.45, 2.75) is 38.3 Å². The van der Waals surface area contributed by atoms with E-state index >= 15 is 0 Å². The second-order valence-electron chi connectivity index (χ2n) is 5.49. The minimum absolute atomic E-state index is 0.532. The van der Waals surface area contributed by atoms with Gasteiger partial charge in [0, 0.05) is 12.2 Å². The SMILES string of the molecule is S=C(Nc1cnn(Cc2ccccc2)c1)NC1CCCC1. The first-order chi connectivity index (χ1) is 10.3. The van der Waals surface area contributed by atoms with E-state index in [0.717, 1.165) is 12.2 Å². The summed E-state index contributed by atoms with van der Waals surface area (Å²) in [5.74, 6) is 0. The number of hydrogen-bond donors (Lipinski definition) is 2. The molecule has 3 rings (SSSR count). The maximum atomic E-state index is 5.35. The Morgan fingerprint density at radius 2 is 2.00 bits per heavy atom. The van der Waals surface area contributed by atoms with E-state index in [9.17, 15) is 0 Å². The summed E-state index contributed by atoms with van der Waals surface area (Å²) in [7, 11) is 0. The Hall–Kier alpha value is -1.88. The van der Waals surface area contributed by atoms with Gasteiger partial charge >= 0.3 is 0 Å². The molecule has 2 N–H and O–H groups in total. The van der Waals surface area contributed by atoms with E-state index < -0.39 is 0 Å². The van der Waals surface area contributed by atoms with E-state index in [1.54, 1.807) is 0 Å². The lowest BCUT2D eigenvalue weighted by molar-refractivity contribution is 0.634. The fourth-order valence-corrected chi connectivity index (χ4v) is 2.99. The summed E-state index contributed by atoms with van der Waals surface area (Å²) in [6.07, 6.45) is 8.83. The van der Waals surface area contributed by atoms with Gasteiger partial charge in [-0.3, -0.25) is 4.68 Å². The lowest BCUT2D eigenvalue weighted by atomic mass is 10.2. The molecule has 1 saturated carbocycles. The summed E-state index contributed by atoms with van der Waals surface area (Å²) < 4.78 is 1.91. The zero-order valence-electron chi connectivity index (χ0n) is 12.0. The van der Waals surface area contributed by atoms with Crippen LogP contribution in [-0.2, 0) is 6.54 Å². The highest BCUT2D eigenvalue weighted by atomic mass is 32.1. The van der Waals surface area contributed by atoms with Crippen LogP contribution in [0.4, 0.5) is 5.69 Å². The number of nitrogens with one attached hydrogen (secondary N) is 2. The Kier molecular flexibility index (Phi) is 4.50. The molecule has 1 fully saturated rings. The molecule has 1 aromatic heterocycles. The molecule has 0 unspecified atom stereocenters. The van der Waals surface area contributed by atoms with Crippen LogP contribution in [-0.4, -0.2) is 20.9 Å². The van der Waals surface area contributed by atoms with Gasteiger partial charge in [-0.05, 0) is 30.6 Å². The Labute approximate surface area is 130 Å². The molecule has 5 heteroatoms. The van der Waals surface area contributed by atoms with Crippen molar-refractivity contribution in [1.82, 2.24) is 15.1 Å². The second kappa shape index (κ2) is 6.72. The molecule has 21 heavy (non-hydrogen) atoms. The second-order valence-corrected chi connectivity index (χ2v) is 5.90. The highest BCUT2D eigenvalue weighted by Crippen LogP contribution is 2.17. The molecular weight excluding hydrogens is 280 g/mol. The largest absolute Gasteiger partial charge is 0.360 e. The lowest BCUT2D eigenvalue weighted by Crippen LogP contribution is -2.35. The molecule has 0 amide bonds. The van der Waals surface area contributed by atoms with Crippen LogP contribution < -0.4 is 10.6 Å². The topological polar surface area (TPSA) is 41.9 Å². The quantitative estimate of drug-likeness (QED) is 0.851. The fourth-order valence-electron chi connectivity index (χ4n) is 2.71. The third kappa shape index (κ3) is 4.04. The molecule has 1 heterocycles. The standard InChI is InChI=1S/C16H20N4S/c21-16(18-14-8-4-5-9-14)19-15-10-17-20(12-15)11-13-6-2-1-3-7-13/h1-3,6-7,10,12,14H,4-5,8-9,11H2,(H2,18,19,21). The molecule has 0 aliphatic heterocycles. The Bertz CT molecular complexity index is 587.